The molecule has 6 heteroatoms. The van der Waals surface area contributed by atoms with E-state index in [1.165, 1.54) is 0 Å². The zero-order chi connectivity index (χ0) is 17.1. The Morgan fingerprint density at radius 1 is 1.42 bits per heavy atom. The highest BCUT2D eigenvalue weighted by Gasteiger charge is 2.65. The number of hydrogen-bond donors (Lipinski definition) is 0. The van der Waals surface area contributed by atoms with E-state index >= 15 is 0 Å². The molecule has 0 bridgehead atoms. The molecule has 0 aliphatic carbocycles. The fourth-order valence-corrected chi connectivity index (χ4v) is 4.45. The van der Waals surface area contributed by atoms with Gasteiger partial charge in [0.2, 0.25) is 5.91 Å². The van der Waals surface area contributed by atoms with Gasteiger partial charge in [-0.05, 0) is 24.5 Å². The number of carbonyl (C=O) groups excluding carboxylic acids is 2. The van der Waals surface area contributed by atoms with Crippen LogP contribution in [0.15, 0.2) is 18.5 Å². The number of amides is 2. The van der Waals surface area contributed by atoms with Crippen molar-refractivity contribution in [2.45, 2.75) is 51.4 Å². The third-order valence-electron chi connectivity index (χ3n) is 5.64. The molecule has 2 amide bonds. The van der Waals surface area contributed by atoms with Crippen LogP contribution in [-0.4, -0.2) is 57.6 Å². The highest BCUT2D eigenvalue weighted by atomic mass is 16.5. The maximum atomic E-state index is 12.9. The van der Waals surface area contributed by atoms with Gasteiger partial charge >= 0.3 is 0 Å². The molecule has 3 atom stereocenters. The second kappa shape index (κ2) is 5.28. The first kappa shape index (κ1) is 15.6. The molecule has 128 valence electrons. The van der Waals surface area contributed by atoms with Gasteiger partial charge in [-0.2, -0.15) is 0 Å². The molecule has 3 fully saturated rings. The maximum Gasteiger partial charge on any atom is 0.255 e. The highest BCUT2D eigenvalue weighted by Crippen LogP contribution is 2.49. The van der Waals surface area contributed by atoms with Crippen LogP contribution in [0.2, 0.25) is 0 Å². The SMILES string of the molecule is Cc1cncc(C(=O)N2CC[C@@]34OC[C@@H](C(C)C)N3C(=O)C[C@@H]24)c1. The first-order valence-electron chi connectivity index (χ1n) is 8.63. The monoisotopic (exact) mass is 329 g/mol. The summed E-state index contributed by atoms with van der Waals surface area (Å²) < 4.78 is 6.17. The molecule has 1 spiro atoms. The zero-order valence-corrected chi connectivity index (χ0v) is 14.4. The first-order chi connectivity index (χ1) is 11.4. The van der Waals surface area contributed by atoms with E-state index < -0.39 is 5.72 Å². The molecule has 0 unspecified atom stereocenters. The lowest BCUT2D eigenvalue weighted by molar-refractivity contribution is -0.139. The number of hydrogen-bond acceptors (Lipinski definition) is 4. The molecule has 6 nitrogen and oxygen atoms in total. The highest BCUT2D eigenvalue weighted by molar-refractivity contribution is 5.95. The Kier molecular flexibility index (Phi) is 3.42. The average molecular weight is 329 g/mol. The van der Waals surface area contributed by atoms with E-state index in [0.29, 0.717) is 37.5 Å². The number of likely N-dealkylation sites (tertiary alicyclic amines) is 1. The third kappa shape index (κ3) is 2.02. The summed E-state index contributed by atoms with van der Waals surface area (Å²) in [5.74, 6) is 0.396. The normalized spacial score (nSPS) is 31.8. The summed E-state index contributed by atoms with van der Waals surface area (Å²) in [5.41, 5.74) is 0.922. The number of aromatic nitrogens is 1. The molecule has 4 rings (SSSR count). The molecule has 24 heavy (non-hydrogen) atoms. The van der Waals surface area contributed by atoms with Crippen LogP contribution in [-0.2, 0) is 9.53 Å². The zero-order valence-electron chi connectivity index (χ0n) is 14.4. The van der Waals surface area contributed by atoms with Gasteiger partial charge in [-0.1, -0.05) is 13.8 Å². The summed E-state index contributed by atoms with van der Waals surface area (Å²) in [6.45, 7) is 7.33. The quantitative estimate of drug-likeness (QED) is 0.826. The van der Waals surface area contributed by atoms with Crippen molar-refractivity contribution in [3.63, 3.8) is 0 Å². The predicted octanol–water partition coefficient (Wildman–Crippen LogP) is 1.59. The number of rotatable bonds is 2. The largest absolute Gasteiger partial charge is 0.351 e. The smallest absolute Gasteiger partial charge is 0.255 e. The Morgan fingerprint density at radius 2 is 2.21 bits per heavy atom. The number of aryl methyl sites for hydroxylation is 1. The molecule has 0 N–H and O–H groups in total. The minimum Gasteiger partial charge on any atom is -0.351 e. The van der Waals surface area contributed by atoms with Crippen LogP contribution in [0.4, 0.5) is 0 Å². The van der Waals surface area contributed by atoms with Crippen molar-refractivity contribution in [2.75, 3.05) is 13.2 Å². The van der Waals surface area contributed by atoms with Crippen molar-refractivity contribution in [1.29, 1.82) is 0 Å². The number of nitrogens with zero attached hydrogens (tertiary/aromatic N) is 3. The Labute approximate surface area is 141 Å². The molecule has 0 aromatic carbocycles. The lowest BCUT2D eigenvalue weighted by Crippen LogP contribution is -2.51. The van der Waals surface area contributed by atoms with Gasteiger partial charge < -0.3 is 14.5 Å². The molecule has 1 aromatic heterocycles. The molecular weight excluding hydrogens is 306 g/mol. The van der Waals surface area contributed by atoms with Crippen molar-refractivity contribution < 1.29 is 14.3 Å². The van der Waals surface area contributed by atoms with Crippen molar-refractivity contribution in [2.24, 2.45) is 5.92 Å². The number of pyridine rings is 1. The van der Waals surface area contributed by atoms with Crippen molar-refractivity contribution >= 4 is 11.8 Å². The van der Waals surface area contributed by atoms with E-state index in [1.54, 1.807) is 12.4 Å². The fourth-order valence-electron chi connectivity index (χ4n) is 4.45. The van der Waals surface area contributed by atoms with Gasteiger partial charge in [0, 0.05) is 25.4 Å². The Bertz CT molecular complexity index is 705. The van der Waals surface area contributed by atoms with E-state index in [9.17, 15) is 9.59 Å². The second-order valence-corrected chi connectivity index (χ2v) is 7.45. The van der Waals surface area contributed by atoms with E-state index in [-0.39, 0.29) is 23.9 Å². The van der Waals surface area contributed by atoms with Gasteiger partial charge in [-0.25, -0.2) is 0 Å². The Morgan fingerprint density at radius 3 is 2.92 bits per heavy atom. The summed E-state index contributed by atoms with van der Waals surface area (Å²) in [4.78, 5) is 33.5. The second-order valence-electron chi connectivity index (χ2n) is 7.45. The summed E-state index contributed by atoms with van der Waals surface area (Å²) >= 11 is 0. The van der Waals surface area contributed by atoms with Crippen LogP contribution in [0.1, 0.15) is 42.6 Å². The van der Waals surface area contributed by atoms with Gasteiger partial charge in [0.25, 0.3) is 5.91 Å². The lowest BCUT2D eigenvalue weighted by Gasteiger charge is -2.34. The van der Waals surface area contributed by atoms with Gasteiger partial charge in [0.05, 0.1) is 30.7 Å². The summed E-state index contributed by atoms with van der Waals surface area (Å²) in [5, 5.41) is 0. The third-order valence-corrected chi connectivity index (χ3v) is 5.64. The molecule has 4 heterocycles. The minimum absolute atomic E-state index is 0.0562. The van der Waals surface area contributed by atoms with Gasteiger partial charge in [-0.3, -0.25) is 14.6 Å². The molecule has 3 aliphatic heterocycles. The Hall–Kier alpha value is -1.95. The van der Waals surface area contributed by atoms with Gasteiger partial charge in [-0.15, -0.1) is 0 Å². The number of carbonyl (C=O) groups is 2. The maximum absolute atomic E-state index is 12.9. The standard InChI is InChI=1S/C18H23N3O3/c1-11(2)14-10-24-18-4-5-20(15(18)7-16(22)21(14)18)17(23)13-6-12(3)8-19-9-13/h6,8-9,11,14-15H,4-5,7,10H2,1-3H3/t14-,15+,18-/m0/s1. The van der Waals surface area contributed by atoms with Crippen LogP contribution in [0.5, 0.6) is 0 Å². The summed E-state index contributed by atoms with van der Waals surface area (Å²) in [7, 11) is 0. The molecule has 3 aliphatic rings. The van der Waals surface area contributed by atoms with Crippen LogP contribution in [0, 0.1) is 12.8 Å². The van der Waals surface area contributed by atoms with Crippen LogP contribution < -0.4 is 0 Å². The van der Waals surface area contributed by atoms with Gasteiger partial charge in [0.1, 0.15) is 0 Å². The van der Waals surface area contributed by atoms with Gasteiger partial charge in [0.15, 0.2) is 5.72 Å². The molecular formula is C18H23N3O3. The summed E-state index contributed by atoms with van der Waals surface area (Å²) in [6.07, 6.45) is 4.38. The molecule has 0 radical (unpaired) electrons. The predicted molar refractivity (Wildman–Crippen MR) is 87.2 cm³/mol. The van der Waals surface area contributed by atoms with E-state index in [1.807, 2.05) is 22.8 Å². The van der Waals surface area contributed by atoms with Crippen LogP contribution in [0.3, 0.4) is 0 Å². The molecule has 3 saturated heterocycles. The van der Waals surface area contributed by atoms with Crippen molar-refractivity contribution in [1.82, 2.24) is 14.8 Å². The van der Waals surface area contributed by atoms with E-state index in [0.717, 1.165) is 5.56 Å². The lowest BCUT2D eigenvalue weighted by atomic mass is 10.0. The Balaban J connectivity index is 1.64. The number of ether oxygens (including phenoxy) is 1. The van der Waals surface area contributed by atoms with Crippen molar-refractivity contribution in [3.8, 4) is 0 Å². The van der Waals surface area contributed by atoms with Crippen LogP contribution in [0.25, 0.3) is 0 Å². The topological polar surface area (TPSA) is 62.7 Å². The average Bonchev–Trinajstić information content (AvgIpc) is 3.16. The first-order valence-corrected chi connectivity index (χ1v) is 8.63. The fraction of sp³-hybridized carbons (Fsp3) is 0.611. The summed E-state index contributed by atoms with van der Waals surface area (Å²) in [6, 6.07) is 1.77. The minimum atomic E-state index is -0.612. The van der Waals surface area contributed by atoms with Crippen LogP contribution >= 0.6 is 0 Å². The molecule has 1 aromatic rings. The van der Waals surface area contributed by atoms with Crippen molar-refractivity contribution in [3.05, 3.63) is 29.6 Å². The molecule has 0 saturated carbocycles. The van der Waals surface area contributed by atoms with E-state index in [4.69, 9.17) is 4.74 Å². The van der Waals surface area contributed by atoms with E-state index in [2.05, 4.69) is 18.8 Å².